The molecule has 2 aromatic carbocycles. The van der Waals surface area contributed by atoms with E-state index in [2.05, 4.69) is 44.0 Å². The van der Waals surface area contributed by atoms with Gasteiger partial charge < -0.3 is 9.47 Å². The number of hydrogen-bond donors (Lipinski definition) is 0. The van der Waals surface area contributed by atoms with Crippen LogP contribution < -0.4 is 0 Å². The number of rotatable bonds is 3. The van der Waals surface area contributed by atoms with E-state index < -0.39 is 0 Å². The lowest BCUT2D eigenvalue weighted by atomic mass is 10.0. The lowest BCUT2D eigenvalue weighted by Gasteiger charge is -2.07. The Balaban J connectivity index is 1.75. The smallest absolute Gasteiger partial charge is 0.338 e. The number of methoxy groups -OCH3 is 2. The van der Waals surface area contributed by atoms with E-state index >= 15 is 0 Å². The number of carbonyl (C=O) groups excluding carboxylic acids is 2. The van der Waals surface area contributed by atoms with E-state index in [1.54, 1.807) is 12.1 Å². The van der Waals surface area contributed by atoms with Crippen LogP contribution in [0.5, 0.6) is 0 Å². The van der Waals surface area contributed by atoms with Gasteiger partial charge in [0, 0.05) is 8.95 Å². The van der Waals surface area contributed by atoms with Crippen LogP contribution in [0.15, 0.2) is 44.4 Å². The van der Waals surface area contributed by atoms with Crippen molar-refractivity contribution in [3.63, 3.8) is 0 Å². The van der Waals surface area contributed by atoms with E-state index in [9.17, 15) is 9.59 Å². The number of fused-ring (bicyclic) bond motifs is 2. The summed E-state index contributed by atoms with van der Waals surface area (Å²) in [4.78, 5) is 24.4. The normalized spacial score (nSPS) is 14.1. The summed E-state index contributed by atoms with van der Waals surface area (Å²) < 4.78 is 11.6. The van der Waals surface area contributed by atoms with Crippen molar-refractivity contribution in [2.45, 2.75) is 12.8 Å². The van der Waals surface area contributed by atoms with Crippen molar-refractivity contribution < 1.29 is 19.1 Å². The van der Waals surface area contributed by atoms with Gasteiger partial charge in [-0.2, -0.15) is 0 Å². The molecule has 0 saturated carbocycles. The largest absolute Gasteiger partial charge is 0.465 e. The molecule has 0 fully saturated rings. The van der Waals surface area contributed by atoms with E-state index in [0.717, 1.165) is 55.2 Å². The van der Waals surface area contributed by atoms with Gasteiger partial charge in [-0.3, -0.25) is 0 Å². The van der Waals surface area contributed by atoms with Crippen LogP contribution >= 0.6 is 31.9 Å². The maximum atomic E-state index is 12.2. The molecule has 6 heteroatoms. The second-order valence-corrected chi connectivity index (χ2v) is 8.56. The molecule has 0 aromatic heterocycles. The second-order valence-electron chi connectivity index (χ2n) is 6.73. The molecule has 4 rings (SSSR count). The summed E-state index contributed by atoms with van der Waals surface area (Å²) in [5.74, 6) is -0.703. The van der Waals surface area contributed by atoms with Crippen molar-refractivity contribution in [1.29, 1.82) is 0 Å². The minimum atomic E-state index is -0.351. The summed E-state index contributed by atoms with van der Waals surface area (Å²) in [5.41, 5.74) is 7.34. The number of allylic oxidation sites excluding steroid dienone is 2. The summed E-state index contributed by atoms with van der Waals surface area (Å²) in [6.07, 6.45) is 5.57. The van der Waals surface area contributed by atoms with Gasteiger partial charge in [0.25, 0.3) is 0 Å². The van der Waals surface area contributed by atoms with Gasteiger partial charge >= 0.3 is 11.9 Å². The Hall–Kier alpha value is -2.18. The van der Waals surface area contributed by atoms with Crippen molar-refractivity contribution in [2.75, 3.05) is 14.2 Å². The van der Waals surface area contributed by atoms with Crippen molar-refractivity contribution in [3.05, 3.63) is 77.7 Å². The quantitative estimate of drug-likeness (QED) is 0.529. The highest BCUT2D eigenvalue weighted by atomic mass is 79.9. The summed E-state index contributed by atoms with van der Waals surface area (Å²) in [7, 11) is 2.77. The van der Waals surface area contributed by atoms with Crippen LogP contribution in [0.25, 0.3) is 12.2 Å². The molecule has 0 saturated heterocycles. The van der Waals surface area contributed by atoms with Crippen LogP contribution in [0.4, 0.5) is 0 Å². The molecular weight excluding hydrogens is 488 g/mol. The average molecular weight is 504 g/mol. The molecule has 0 N–H and O–H groups in total. The van der Waals surface area contributed by atoms with Crippen LogP contribution in [-0.2, 0) is 22.3 Å². The number of hydrogen-bond acceptors (Lipinski definition) is 4. The Labute approximate surface area is 179 Å². The van der Waals surface area contributed by atoms with E-state index in [1.807, 2.05) is 12.1 Å². The van der Waals surface area contributed by atoms with Gasteiger partial charge in [-0.05, 0) is 82.7 Å². The number of halogens is 2. The van der Waals surface area contributed by atoms with Crippen LogP contribution in [-0.4, -0.2) is 26.2 Å². The third-order valence-electron chi connectivity index (χ3n) is 5.08. The topological polar surface area (TPSA) is 52.6 Å². The molecular formula is C22H16Br2O4. The first-order chi connectivity index (χ1) is 13.4. The van der Waals surface area contributed by atoms with Gasteiger partial charge in [0.15, 0.2) is 0 Å². The Bertz CT molecular complexity index is 1010. The fourth-order valence-corrected chi connectivity index (χ4v) is 4.82. The Kier molecular flexibility index (Phi) is 5.02. The number of ether oxygens (including phenoxy) is 2. The molecule has 28 heavy (non-hydrogen) atoms. The zero-order valence-electron chi connectivity index (χ0n) is 15.3. The predicted molar refractivity (Wildman–Crippen MR) is 114 cm³/mol. The summed E-state index contributed by atoms with van der Waals surface area (Å²) in [6.45, 7) is 0. The van der Waals surface area contributed by atoms with Crippen molar-refractivity contribution >= 4 is 56.0 Å². The van der Waals surface area contributed by atoms with Crippen molar-refractivity contribution in [2.24, 2.45) is 0 Å². The van der Waals surface area contributed by atoms with E-state index in [0.29, 0.717) is 11.1 Å². The number of benzene rings is 2. The Morgan fingerprint density at radius 1 is 0.750 bits per heavy atom. The molecule has 0 radical (unpaired) electrons. The molecule has 0 spiro atoms. The molecule has 0 aliphatic heterocycles. The van der Waals surface area contributed by atoms with Gasteiger partial charge in [-0.15, -0.1) is 0 Å². The first-order valence-corrected chi connectivity index (χ1v) is 10.2. The monoisotopic (exact) mass is 502 g/mol. The molecule has 2 aliphatic rings. The van der Waals surface area contributed by atoms with Crippen molar-refractivity contribution in [1.82, 2.24) is 0 Å². The molecule has 0 heterocycles. The maximum Gasteiger partial charge on any atom is 0.338 e. The molecule has 2 aliphatic carbocycles. The van der Waals surface area contributed by atoms with Crippen LogP contribution in [0, 0.1) is 0 Å². The molecule has 0 unspecified atom stereocenters. The van der Waals surface area contributed by atoms with Gasteiger partial charge in [-0.1, -0.05) is 31.9 Å². The second kappa shape index (κ2) is 7.33. The zero-order valence-corrected chi connectivity index (χ0v) is 18.4. The lowest BCUT2D eigenvalue weighted by Crippen LogP contribution is -2.04. The van der Waals surface area contributed by atoms with Crippen LogP contribution in [0.1, 0.15) is 43.0 Å². The molecule has 142 valence electrons. The molecule has 2 aromatic rings. The van der Waals surface area contributed by atoms with Crippen LogP contribution in [0.2, 0.25) is 0 Å². The summed E-state index contributed by atoms with van der Waals surface area (Å²) in [5, 5.41) is 0. The third-order valence-corrected chi connectivity index (χ3v) is 6.00. The number of esters is 2. The first kappa shape index (κ1) is 19.2. The average Bonchev–Trinajstić information content (AvgIpc) is 3.28. The molecule has 0 amide bonds. The zero-order chi connectivity index (χ0) is 20.0. The fraction of sp³-hybridized carbons (Fsp3) is 0.182. The van der Waals surface area contributed by atoms with Gasteiger partial charge in [0.05, 0.1) is 25.3 Å². The standard InChI is InChI=1S/C22H16Br2O4/c1-27-21(25)19-9-15(23)5-13-3-11(7-17(13)19)12-4-14-6-16(24)10-20(18(14)8-12)22(26)28-2/h5-10H,3-4H2,1-2H3. The highest BCUT2D eigenvalue weighted by molar-refractivity contribution is 9.10. The minimum Gasteiger partial charge on any atom is -0.465 e. The SMILES string of the molecule is COC(=O)c1cc(Br)cc2c1C=C(C1=Cc3c(cc(Br)cc3C(=O)OC)C1)C2. The first-order valence-electron chi connectivity index (χ1n) is 8.64. The van der Waals surface area contributed by atoms with Crippen molar-refractivity contribution in [3.8, 4) is 0 Å². The number of carbonyl (C=O) groups is 2. The van der Waals surface area contributed by atoms with Gasteiger partial charge in [0.2, 0.25) is 0 Å². The van der Waals surface area contributed by atoms with E-state index in [4.69, 9.17) is 9.47 Å². The fourth-order valence-electron chi connectivity index (χ4n) is 3.81. The molecule has 0 atom stereocenters. The van der Waals surface area contributed by atoms with Crippen LogP contribution in [0.3, 0.4) is 0 Å². The van der Waals surface area contributed by atoms with E-state index in [1.165, 1.54) is 14.2 Å². The van der Waals surface area contributed by atoms with Gasteiger partial charge in [-0.25, -0.2) is 9.59 Å². The lowest BCUT2D eigenvalue weighted by molar-refractivity contribution is 0.0591. The third kappa shape index (κ3) is 3.25. The highest BCUT2D eigenvalue weighted by Crippen LogP contribution is 2.40. The Morgan fingerprint density at radius 3 is 1.50 bits per heavy atom. The molecule has 4 nitrogen and oxygen atoms in total. The van der Waals surface area contributed by atoms with E-state index in [-0.39, 0.29) is 11.9 Å². The summed E-state index contributed by atoms with van der Waals surface area (Å²) in [6, 6.07) is 7.64. The summed E-state index contributed by atoms with van der Waals surface area (Å²) >= 11 is 6.96. The highest BCUT2D eigenvalue weighted by Gasteiger charge is 2.27. The molecule has 0 bridgehead atoms. The van der Waals surface area contributed by atoms with Gasteiger partial charge in [0.1, 0.15) is 0 Å². The maximum absolute atomic E-state index is 12.2. The minimum absolute atomic E-state index is 0.351. The predicted octanol–water partition coefficient (Wildman–Crippen LogP) is 5.36. The Morgan fingerprint density at radius 2 is 1.14 bits per heavy atom.